The van der Waals surface area contributed by atoms with Crippen LogP contribution in [0.15, 0.2) is 42.4 Å². The first-order chi connectivity index (χ1) is 27.1. The van der Waals surface area contributed by atoms with E-state index in [0.29, 0.717) is 0 Å². The lowest BCUT2D eigenvalue weighted by atomic mass is 10.1. The maximum absolute atomic E-state index is 13.6. The number of aliphatic hydroxyl groups excluding tert-OH is 1. The van der Waals surface area contributed by atoms with Crippen LogP contribution >= 0.6 is 15.6 Å². The van der Waals surface area contributed by atoms with Crippen LogP contribution in [0.3, 0.4) is 0 Å². The Morgan fingerprint density at radius 1 is 1.12 bits per heavy atom. The number of nitrogen functional groups attached to an aromatic ring is 2. The lowest BCUT2D eigenvalue weighted by Gasteiger charge is -2.25. The van der Waals surface area contributed by atoms with Gasteiger partial charge in [-0.25, -0.2) is 42.1 Å². The summed E-state index contributed by atoms with van der Waals surface area (Å²) < 4.78 is 83.3. The number of hydrogen-bond donors (Lipinski definition) is 7. The standard InChI is InChI=1S/C29H41N9O17P2S/c1-3-4-5-20(39)35-15(7-9-58(2,48)49)28(41)54-24-18(53-27(23(24)40)38-14-34-22-25(31)32-13-33-26(22)38)12-51-57(46,47)55-16-10-21(37-8-6-19(30)36-29(37)42)52-17(16)11-50-56(43,44)45/h3,6,8,13-18,21,23-24,27,40H,1,4-5,7,9-12H2,2H3,(H,35,39)(H,46,47)(H2,30,36,42)(H2,31,32,33)(H2,43,44,45)/t15?,16-,17+,18+,21+,23+,24+,27+/m0/s1. The summed E-state index contributed by atoms with van der Waals surface area (Å²) >= 11 is 0. The number of nitrogens with one attached hydrogen (secondary N) is 1. The molecule has 3 aromatic rings. The van der Waals surface area contributed by atoms with Gasteiger partial charge < -0.3 is 50.8 Å². The van der Waals surface area contributed by atoms with E-state index in [4.69, 9.17) is 34.7 Å². The third-order valence-corrected chi connectivity index (χ3v) is 11.1. The third kappa shape index (κ3) is 11.7. The van der Waals surface area contributed by atoms with Gasteiger partial charge in [-0.2, -0.15) is 4.98 Å². The summed E-state index contributed by atoms with van der Waals surface area (Å²) in [6, 6.07) is -0.286. The van der Waals surface area contributed by atoms with Crippen LogP contribution in [0.4, 0.5) is 11.6 Å². The molecule has 29 heteroatoms. The van der Waals surface area contributed by atoms with Crippen LogP contribution in [0.1, 0.15) is 38.1 Å². The maximum Gasteiger partial charge on any atom is 0.472 e. The van der Waals surface area contributed by atoms with Crippen LogP contribution in [0, 0.1) is 0 Å². The average Bonchev–Trinajstić information content (AvgIpc) is 3.82. The van der Waals surface area contributed by atoms with Gasteiger partial charge in [-0.3, -0.25) is 27.5 Å². The summed E-state index contributed by atoms with van der Waals surface area (Å²) in [5.41, 5.74) is 10.7. The summed E-state index contributed by atoms with van der Waals surface area (Å²) in [5.74, 6) is -2.54. The largest absolute Gasteiger partial charge is 0.472 e. The van der Waals surface area contributed by atoms with Gasteiger partial charge in [0.05, 0.1) is 25.3 Å². The van der Waals surface area contributed by atoms with Gasteiger partial charge in [0.1, 0.15) is 64.2 Å². The van der Waals surface area contributed by atoms with Crippen molar-refractivity contribution < 1.29 is 74.7 Å². The Morgan fingerprint density at radius 3 is 2.52 bits per heavy atom. The molecule has 3 aromatic heterocycles. The second-order valence-corrected chi connectivity index (χ2v) is 17.9. The molecule has 5 heterocycles. The number of nitrogens with zero attached hydrogens (tertiary/aromatic N) is 6. The number of phosphoric ester groups is 2. The van der Waals surface area contributed by atoms with Gasteiger partial charge in [0.2, 0.25) is 5.91 Å². The van der Waals surface area contributed by atoms with Gasteiger partial charge >= 0.3 is 27.3 Å². The number of aromatic nitrogens is 6. The molecular formula is C29H41N9O17P2S. The fourth-order valence-electron chi connectivity index (χ4n) is 5.90. The molecular weight excluding hydrogens is 840 g/mol. The fourth-order valence-corrected chi connectivity index (χ4v) is 7.86. The van der Waals surface area contributed by atoms with E-state index < -0.39 is 117 Å². The maximum atomic E-state index is 13.6. The molecule has 58 heavy (non-hydrogen) atoms. The first kappa shape index (κ1) is 44.9. The van der Waals surface area contributed by atoms with Gasteiger partial charge in [-0.15, -0.1) is 6.58 Å². The number of esters is 1. The number of fused-ring (bicyclic) bond motifs is 1. The van der Waals surface area contributed by atoms with Gasteiger partial charge in [-0.1, -0.05) is 6.08 Å². The molecule has 2 fully saturated rings. The van der Waals surface area contributed by atoms with E-state index in [1.54, 1.807) is 0 Å². The van der Waals surface area contributed by atoms with Crippen LogP contribution < -0.4 is 22.5 Å². The molecule has 2 saturated heterocycles. The van der Waals surface area contributed by atoms with Gasteiger partial charge in [0.15, 0.2) is 23.8 Å². The minimum atomic E-state index is -5.26. The number of anilines is 2. The Morgan fingerprint density at radius 2 is 1.84 bits per heavy atom. The first-order valence-electron chi connectivity index (χ1n) is 17.1. The van der Waals surface area contributed by atoms with Crippen molar-refractivity contribution in [3.8, 4) is 0 Å². The van der Waals surface area contributed by atoms with E-state index in [-0.39, 0.29) is 42.1 Å². The number of ether oxygens (including phenoxy) is 3. The highest BCUT2D eigenvalue weighted by molar-refractivity contribution is 7.90. The Kier molecular flexibility index (Phi) is 14.2. The minimum absolute atomic E-state index is 0.0291. The van der Waals surface area contributed by atoms with E-state index in [1.165, 1.54) is 29.2 Å². The number of nitrogens with two attached hydrogens (primary N) is 2. The molecule has 0 aliphatic carbocycles. The number of aliphatic hydroxyl groups is 1. The zero-order valence-electron chi connectivity index (χ0n) is 30.4. The van der Waals surface area contributed by atoms with Crippen molar-refractivity contribution in [2.24, 2.45) is 0 Å². The molecule has 2 unspecified atom stereocenters. The van der Waals surface area contributed by atoms with Crippen LogP contribution in [0.2, 0.25) is 0 Å². The summed E-state index contributed by atoms with van der Waals surface area (Å²) in [6.45, 7) is 1.70. The van der Waals surface area contributed by atoms with Gasteiger partial charge in [-0.05, 0) is 18.9 Å². The lowest BCUT2D eigenvalue weighted by Crippen LogP contribution is -2.47. The van der Waals surface area contributed by atoms with Crippen molar-refractivity contribution >= 4 is 60.2 Å². The molecule has 9 N–H and O–H groups in total. The minimum Gasteiger partial charge on any atom is -0.455 e. The van der Waals surface area contributed by atoms with E-state index >= 15 is 0 Å². The molecule has 1 amide bonds. The quantitative estimate of drug-likeness (QED) is 0.0397. The molecule has 0 bridgehead atoms. The molecule has 0 aromatic carbocycles. The van der Waals surface area contributed by atoms with Gasteiger partial charge in [0, 0.05) is 25.3 Å². The Hall–Kier alpha value is -4.24. The average molecular weight is 882 g/mol. The molecule has 0 saturated carbocycles. The number of allylic oxidation sites excluding steroid dienone is 1. The Labute approximate surface area is 328 Å². The zero-order chi connectivity index (χ0) is 42.6. The zero-order valence-corrected chi connectivity index (χ0v) is 33.0. The normalized spacial score (nSPS) is 25.3. The number of phosphoric acid groups is 2. The van der Waals surface area contributed by atoms with E-state index in [2.05, 4.69) is 36.4 Å². The van der Waals surface area contributed by atoms with E-state index in [1.807, 2.05) is 0 Å². The predicted molar refractivity (Wildman–Crippen MR) is 195 cm³/mol. The highest BCUT2D eigenvalue weighted by atomic mass is 32.2. The summed E-state index contributed by atoms with van der Waals surface area (Å²) in [4.78, 5) is 83.7. The van der Waals surface area contributed by atoms with Gasteiger partial charge in [0.25, 0.3) is 0 Å². The van der Waals surface area contributed by atoms with Crippen molar-refractivity contribution in [2.75, 3.05) is 36.7 Å². The fraction of sp³-hybridized carbons (Fsp3) is 0.552. The van der Waals surface area contributed by atoms with Crippen LogP contribution in [0.5, 0.6) is 0 Å². The van der Waals surface area contributed by atoms with Crippen LogP contribution in [0.25, 0.3) is 11.2 Å². The Bertz CT molecular complexity index is 2260. The van der Waals surface area contributed by atoms with Crippen molar-refractivity contribution in [3.63, 3.8) is 0 Å². The molecule has 9 atom stereocenters. The topological polar surface area (TPSA) is 381 Å². The third-order valence-electron chi connectivity index (χ3n) is 8.62. The summed E-state index contributed by atoms with van der Waals surface area (Å²) in [5, 5.41) is 13.9. The molecule has 5 rings (SSSR count). The summed E-state index contributed by atoms with van der Waals surface area (Å²) in [7, 11) is -14.0. The molecule has 0 spiro atoms. The van der Waals surface area contributed by atoms with Crippen molar-refractivity contribution in [1.82, 2.24) is 34.4 Å². The SMILES string of the molecule is C=CCCC(=O)NC(CCS(C)(=O)=O)C(=O)O[C@H]1[C@@H](O)[C@H](n2cnc3c(N)ncnc32)O[C@@H]1COP(=O)(O)O[C@H]1C[C@H](n2ccc(N)nc2=O)O[C@@H]1COP(=O)(O)O. The smallest absolute Gasteiger partial charge is 0.455 e. The van der Waals surface area contributed by atoms with Crippen LogP contribution in [-0.4, -0.2) is 131 Å². The van der Waals surface area contributed by atoms with Crippen LogP contribution in [-0.2, 0) is 56.3 Å². The van der Waals surface area contributed by atoms with Crippen molar-refractivity contribution in [2.45, 2.75) is 74.7 Å². The number of sulfone groups is 1. The van der Waals surface area contributed by atoms with Crippen molar-refractivity contribution in [1.29, 1.82) is 0 Å². The number of hydrogen-bond acceptors (Lipinski definition) is 20. The number of rotatable bonds is 19. The molecule has 26 nitrogen and oxygen atoms in total. The van der Waals surface area contributed by atoms with E-state index in [9.17, 15) is 51.7 Å². The Balaban J connectivity index is 1.38. The number of amides is 1. The highest BCUT2D eigenvalue weighted by Gasteiger charge is 2.50. The first-order valence-corrected chi connectivity index (χ1v) is 22.1. The monoisotopic (exact) mass is 881 g/mol. The molecule has 2 aliphatic rings. The van der Waals surface area contributed by atoms with E-state index in [0.717, 1.165) is 17.2 Å². The number of imidazole rings is 1. The second-order valence-electron chi connectivity index (χ2n) is 13.0. The number of carbonyl (C=O) groups is 2. The lowest BCUT2D eigenvalue weighted by molar-refractivity contribution is -0.160. The highest BCUT2D eigenvalue weighted by Crippen LogP contribution is 2.50. The predicted octanol–water partition coefficient (Wildman–Crippen LogP) is -1.80. The summed E-state index contributed by atoms with van der Waals surface area (Å²) in [6.07, 6.45) is -5.67. The number of carbonyl (C=O) groups excluding carboxylic acids is 2. The molecule has 0 radical (unpaired) electrons. The second kappa shape index (κ2) is 18.4. The molecule has 320 valence electrons. The molecule has 2 aliphatic heterocycles. The van der Waals surface area contributed by atoms with Crippen molar-refractivity contribution in [3.05, 3.63) is 48.1 Å².